The molecule has 2 aromatic carbocycles. The van der Waals surface area contributed by atoms with Crippen molar-refractivity contribution >= 4 is 28.9 Å². The molecule has 27 heavy (non-hydrogen) atoms. The Morgan fingerprint density at radius 1 is 1.00 bits per heavy atom. The number of ether oxygens (including phenoxy) is 1. The number of hydrogen-bond acceptors (Lipinski definition) is 5. The molecule has 2 aromatic rings. The van der Waals surface area contributed by atoms with E-state index in [9.17, 15) is 9.59 Å². The first-order valence-corrected chi connectivity index (χ1v) is 9.23. The van der Waals surface area contributed by atoms with Crippen molar-refractivity contribution in [2.24, 2.45) is 0 Å². The van der Waals surface area contributed by atoms with Gasteiger partial charge in [0.1, 0.15) is 0 Å². The molecule has 2 N–H and O–H groups in total. The van der Waals surface area contributed by atoms with Crippen molar-refractivity contribution in [3.05, 3.63) is 54.1 Å². The van der Waals surface area contributed by atoms with Gasteiger partial charge in [0.15, 0.2) is 0 Å². The molecule has 0 spiro atoms. The molecular weight excluding hydrogens is 342 g/mol. The largest absolute Gasteiger partial charge is 0.465 e. The van der Waals surface area contributed by atoms with Gasteiger partial charge in [-0.2, -0.15) is 0 Å². The van der Waals surface area contributed by atoms with Crippen LogP contribution in [0.3, 0.4) is 0 Å². The summed E-state index contributed by atoms with van der Waals surface area (Å²) >= 11 is 0. The van der Waals surface area contributed by atoms with Crippen LogP contribution in [0.15, 0.2) is 48.5 Å². The number of nitrogens with one attached hydrogen (secondary N) is 2. The lowest BCUT2D eigenvalue weighted by atomic mass is 10.1. The highest BCUT2D eigenvalue weighted by Gasteiger charge is 2.13. The van der Waals surface area contributed by atoms with Gasteiger partial charge in [-0.1, -0.05) is 12.1 Å². The number of esters is 1. The molecule has 1 amide bonds. The average Bonchev–Trinajstić information content (AvgIpc) is 2.73. The highest BCUT2D eigenvalue weighted by molar-refractivity contribution is 5.98. The second-order valence-corrected chi connectivity index (χ2v) is 6.53. The molecule has 0 radical (unpaired) electrons. The molecule has 0 saturated carbocycles. The van der Waals surface area contributed by atoms with Gasteiger partial charge < -0.3 is 20.3 Å². The molecule has 0 unspecified atom stereocenters. The third kappa shape index (κ3) is 5.00. The summed E-state index contributed by atoms with van der Waals surface area (Å²) in [4.78, 5) is 26.4. The van der Waals surface area contributed by atoms with Crippen molar-refractivity contribution < 1.29 is 14.3 Å². The average molecular weight is 367 g/mol. The van der Waals surface area contributed by atoms with Crippen molar-refractivity contribution in [2.45, 2.75) is 19.3 Å². The van der Waals surface area contributed by atoms with Crippen LogP contribution >= 0.6 is 0 Å². The number of hydrogen-bond donors (Lipinski definition) is 2. The summed E-state index contributed by atoms with van der Waals surface area (Å²) in [6.07, 6.45) is 3.77. The smallest absolute Gasteiger partial charge is 0.339 e. The molecule has 142 valence electrons. The number of benzene rings is 2. The Morgan fingerprint density at radius 3 is 2.41 bits per heavy atom. The Hall–Kier alpha value is -3.02. The molecule has 0 atom stereocenters. The maximum absolute atomic E-state index is 12.2. The van der Waals surface area contributed by atoms with Gasteiger partial charge >= 0.3 is 5.97 Å². The molecular formula is C21H25N3O3. The van der Waals surface area contributed by atoms with Gasteiger partial charge in [0, 0.05) is 30.2 Å². The molecule has 1 saturated heterocycles. The molecule has 0 bridgehead atoms. The van der Waals surface area contributed by atoms with E-state index in [-0.39, 0.29) is 12.5 Å². The second kappa shape index (κ2) is 9.07. The zero-order valence-corrected chi connectivity index (χ0v) is 15.5. The number of carbonyl (C=O) groups is 2. The van der Waals surface area contributed by atoms with Gasteiger partial charge in [-0.3, -0.25) is 4.79 Å². The highest BCUT2D eigenvalue weighted by atomic mass is 16.5. The first-order chi connectivity index (χ1) is 13.2. The number of methoxy groups -OCH3 is 1. The molecule has 6 heteroatoms. The van der Waals surface area contributed by atoms with Gasteiger partial charge in [-0.15, -0.1) is 0 Å². The van der Waals surface area contributed by atoms with Gasteiger partial charge in [-0.05, 0) is 55.7 Å². The van der Waals surface area contributed by atoms with Crippen LogP contribution in [-0.2, 0) is 9.53 Å². The molecule has 3 rings (SSSR count). The molecule has 6 nitrogen and oxygen atoms in total. The number of para-hydroxylation sites is 1. The fourth-order valence-electron chi connectivity index (χ4n) is 3.21. The van der Waals surface area contributed by atoms with E-state index in [1.807, 2.05) is 24.3 Å². The fraction of sp³-hybridized carbons (Fsp3) is 0.333. The number of rotatable bonds is 6. The standard InChI is InChI=1S/C21H25N3O3/c1-27-21(26)18-7-3-4-8-19(18)22-15-20(25)23-16-9-11-17(12-10-16)24-13-5-2-6-14-24/h3-4,7-12,22H,2,5-6,13-15H2,1H3,(H,23,25). The van der Waals surface area contributed by atoms with E-state index >= 15 is 0 Å². The monoisotopic (exact) mass is 367 g/mol. The topological polar surface area (TPSA) is 70.7 Å². The van der Waals surface area contributed by atoms with E-state index in [0.717, 1.165) is 18.8 Å². The van der Waals surface area contributed by atoms with Crippen LogP contribution in [0, 0.1) is 0 Å². The van der Waals surface area contributed by atoms with E-state index in [0.29, 0.717) is 11.3 Å². The molecule has 1 aliphatic heterocycles. The van der Waals surface area contributed by atoms with Gasteiger partial charge in [0.05, 0.1) is 19.2 Å². The Balaban J connectivity index is 1.54. The van der Waals surface area contributed by atoms with Gasteiger partial charge in [0.2, 0.25) is 5.91 Å². The first kappa shape index (κ1) is 18.8. The summed E-state index contributed by atoms with van der Waals surface area (Å²) in [5, 5.41) is 5.86. The molecule has 1 fully saturated rings. The minimum atomic E-state index is -0.438. The normalized spacial score (nSPS) is 13.7. The van der Waals surface area contributed by atoms with Crippen molar-refractivity contribution in [1.82, 2.24) is 0 Å². The van der Waals surface area contributed by atoms with Gasteiger partial charge in [0.25, 0.3) is 0 Å². The summed E-state index contributed by atoms with van der Waals surface area (Å²) in [5.74, 6) is -0.618. The Morgan fingerprint density at radius 2 is 1.70 bits per heavy atom. The van der Waals surface area contributed by atoms with Crippen LogP contribution < -0.4 is 15.5 Å². The molecule has 0 aliphatic carbocycles. The van der Waals surface area contributed by atoms with E-state index in [4.69, 9.17) is 4.74 Å². The Labute approximate surface area is 159 Å². The summed E-state index contributed by atoms with van der Waals surface area (Å²) in [5.41, 5.74) is 2.92. The Bertz CT molecular complexity index is 784. The number of nitrogens with zero attached hydrogens (tertiary/aromatic N) is 1. The summed E-state index contributed by atoms with van der Waals surface area (Å²) in [7, 11) is 1.33. The lowest BCUT2D eigenvalue weighted by Crippen LogP contribution is -2.29. The second-order valence-electron chi connectivity index (χ2n) is 6.53. The molecule has 0 aromatic heterocycles. The van der Waals surface area contributed by atoms with Crippen LogP contribution in [0.4, 0.5) is 17.1 Å². The maximum atomic E-state index is 12.2. The quantitative estimate of drug-likeness (QED) is 0.765. The highest BCUT2D eigenvalue weighted by Crippen LogP contribution is 2.22. The van der Waals surface area contributed by atoms with E-state index in [2.05, 4.69) is 15.5 Å². The lowest BCUT2D eigenvalue weighted by molar-refractivity contribution is -0.114. The van der Waals surface area contributed by atoms with Crippen molar-refractivity contribution in [2.75, 3.05) is 42.3 Å². The van der Waals surface area contributed by atoms with Crippen LogP contribution in [0.2, 0.25) is 0 Å². The van der Waals surface area contributed by atoms with Gasteiger partial charge in [-0.25, -0.2) is 4.79 Å². The predicted molar refractivity (Wildman–Crippen MR) is 107 cm³/mol. The number of carbonyl (C=O) groups excluding carboxylic acids is 2. The maximum Gasteiger partial charge on any atom is 0.339 e. The predicted octanol–water partition coefficient (Wildman–Crippen LogP) is 3.51. The van der Waals surface area contributed by atoms with Crippen LogP contribution in [0.5, 0.6) is 0 Å². The lowest BCUT2D eigenvalue weighted by Gasteiger charge is -2.28. The summed E-state index contributed by atoms with van der Waals surface area (Å²) in [6.45, 7) is 2.24. The number of anilines is 3. The Kier molecular flexibility index (Phi) is 6.30. The van der Waals surface area contributed by atoms with Crippen molar-refractivity contribution in [3.63, 3.8) is 0 Å². The third-order valence-electron chi connectivity index (χ3n) is 4.64. The van der Waals surface area contributed by atoms with Crippen molar-refractivity contribution in [1.29, 1.82) is 0 Å². The van der Waals surface area contributed by atoms with E-state index in [1.54, 1.807) is 24.3 Å². The van der Waals surface area contributed by atoms with Crippen LogP contribution in [0.25, 0.3) is 0 Å². The number of piperidine rings is 1. The minimum absolute atomic E-state index is 0.0574. The van der Waals surface area contributed by atoms with Crippen LogP contribution in [-0.4, -0.2) is 38.6 Å². The van der Waals surface area contributed by atoms with E-state index in [1.165, 1.54) is 32.1 Å². The fourth-order valence-corrected chi connectivity index (χ4v) is 3.21. The zero-order chi connectivity index (χ0) is 19.1. The summed E-state index contributed by atoms with van der Waals surface area (Å²) in [6, 6.07) is 14.9. The van der Waals surface area contributed by atoms with E-state index < -0.39 is 5.97 Å². The van der Waals surface area contributed by atoms with Crippen LogP contribution in [0.1, 0.15) is 29.6 Å². The van der Waals surface area contributed by atoms with Crippen molar-refractivity contribution in [3.8, 4) is 0 Å². The molecule has 1 heterocycles. The minimum Gasteiger partial charge on any atom is -0.465 e. The SMILES string of the molecule is COC(=O)c1ccccc1NCC(=O)Nc1ccc(N2CCCCC2)cc1. The summed E-state index contributed by atoms with van der Waals surface area (Å²) < 4.78 is 4.76. The first-order valence-electron chi connectivity index (χ1n) is 9.23. The zero-order valence-electron chi connectivity index (χ0n) is 15.5. The molecule has 1 aliphatic rings. The number of amides is 1. The third-order valence-corrected chi connectivity index (χ3v) is 4.64.